The summed E-state index contributed by atoms with van der Waals surface area (Å²) >= 11 is 0. The molecular formula is C17H29LiNO7P. The molecule has 27 heavy (non-hydrogen) atoms. The van der Waals surface area contributed by atoms with Crippen LogP contribution in [0.5, 0.6) is 0 Å². The zero-order valence-corrected chi connectivity index (χ0v) is 16.2. The van der Waals surface area contributed by atoms with E-state index in [1.54, 1.807) is 32.0 Å². The van der Waals surface area contributed by atoms with E-state index in [4.69, 9.17) is 14.6 Å². The molecule has 4 N–H and O–H groups in total. The van der Waals surface area contributed by atoms with Crippen molar-refractivity contribution < 1.29 is 33.9 Å². The number of aliphatic hydroxyl groups excluding tert-OH is 1. The van der Waals surface area contributed by atoms with Crippen LogP contribution in [0.15, 0.2) is 24.3 Å². The van der Waals surface area contributed by atoms with Gasteiger partial charge < -0.3 is 29.9 Å². The number of hydrogen-bond acceptors (Lipinski definition) is 6. The van der Waals surface area contributed by atoms with Gasteiger partial charge in [0, 0.05) is 25.8 Å². The van der Waals surface area contributed by atoms with Crippen molar-refractivity contribution in [2.24, 2.45) is 0 Å². The van der Waals surface area contributed by atoms with Crippen molar-refractivity contribution in [3.63, 3.8) is 0 Å². The summed E-state index contributed by atoms with van der Waals surface area (Å²) in [7, 11) is -3.86. The van der Waals surface area contributed by atoms with Gasteiger partial charge >= 0.3 is 24.8 Å². The second-order valence-corrected chi connectivity index (χ2v) is 8.17. The average molecular weight is 397 g/mol. The molecule has 0 spiro atoms. The number of benzene rings is 1. The van der Waals surface area contributed by atoms with Crippen molar-refractivity contribution in [1.29, 1.82) is 0 Å². The predicted molar refractivity (Wildman–Crippen MR) is 105 cm³/mol. The SMILES string of the molecule is CCOC(OCC)P(=O)(O)C[C@H](O)CN[C@H](C)c1cccc(C(=O)O)c1.[LiH]. The monoisotopic (exact) mass is 397 g/mol. The van der Waals surface area contributed by atoms with Crippen LogP contribution in [-0.2, 0) is 14.0 Å². The van der Waals surface area contributed by atoms with Crippen LogP contribution in [0.2, 0.25) is 0 Å². The Bertz CT molecular complexity index is 625. The van der Waals surface area contributed by atoms with Crippen molar-refractivity contribution in [3.05, 3.63) is 35.4 Å². The van der Waals surface area contributed by atoms with Gasteiger partial charge in [0.15, 0.2) is 0 Å². The maximum absolute atomic E-state index is 12.4. The summed E-state index contributed by atoms with van der Waals surface area (Å²) in [5.41, 5.74) is 0.915. The number of carboxylic acids is 1. The average Bonchev–Trinajstić information content (AvgIpc) is 2.59. The van der Waals surface area contributed by atoms with E-state index in [2.05, 4.69) is 5.32 Å². The summed E-state index contributed by atoms with van der Waals surface area (Å²) < 4.78 is 22.7. The fourth-order valence-corrected chi connectivity index (χ4v) is 4.06. The number of rotatable bonds is 12. The van der Waals surface area contributed by atoms with Crippen molar-refractivity contribution in [3.8, 4) is 0 Å². The molecule has 10 heteroatoms. The first kappa shape index (κ1) is 26.3. The van der Waals surface area contributed by atoms with Crippen LogP contribution < -0.4 is 5.32 Å². The van der Waals surface area contributed by atoms with Crippen LogP contribution in [0.3, 0.4) is 0 Å². The molecule has 0 fully saturated rings. The molecule has 1 rings (SSSR count). The minimum absolute atomic E-state index is 0. The van der Waals surface area contributed by atoms with Gasteiger partial charge in [-0.3, -0.25) is 4.57 Å². The summed E-state index contributed by atoms with van der Waals surface area (Å²) in [5, 5.41) is 22.2. The van der Waals surface area contributed by atoms with Crippen LogP contribution in [0.25, 0.3) is 0 Å². The van der Waals surface area contributed by atoms with E-state index in [-0.39, 0.29) is 56.4 Å². The Labute approximate surface area is 171 Å². The summed E-state index contributed by atoms with van der Waals surface area (Å²) in [6, 6.07) is 4.96. The van der Waals surface area contributed by atoms with Gasteiger partial charge in [0.1, 0.15) is 0 Å². The molecule has 0 aliphatic heterocycles. The van der Waals surface area contributed by atoms with E-state index < -0.39 is 25.5 Å². The number of carbonyl (C=O) groups is 1. The molecular weight excluding hydrogens is 368 g/mol. The van der Waals surface area contributed by atoms with E-state index in [1.165, 1.54) is 6.07 Å². The van der Waals surface area contributed by atoms with Crippen LogP contribution >= 0.6 is 7.37 Å². The number of aromatic carboxylic acids is 1. The zero-order chi connectivity index (χ0) is 19.7. The first-order chi connectivity index (χ1) is 12.2. The zero-order valence-electron chi connectivity index (χ0n) is 15.3. The Morgan fingerprint density at radius 2 is 1.85 bits per heavy atom. The topological polar surface area (TPSA) is 125 Å². The van der Waals surface area contributed by atoms with Gasteiger partial charge in [0.2, 0.25) is 6.03 Å². The molecule has 1 aromatic rings. The van der Waals surface area contributed by atoms with Crippen molar-refractivity contribution in [2.75, 3.05) is 25.9 Å². The van der Waals surface area contributed by atoms with Gasteiger partial charge in [0.25, 0.3) is 7.37 Å². The second-order valence-electron chi connectivity index (χ2n) is 5.87. The molecule has 1 unspecified atom stereocenters. The normalized spacial score (nSPS) is 15.6. The van der Waals surface area contributed by atoms with Crippen LogP contribution in [0.4, 0.5) is 0 Å². The van der Waals surface area contributed by atoms with Crippen molar-refractivity contribution >= 4 is 32.2 Å². The van der Waals surface area contributed by atoms with Crippen LogP contribution in [0, 0.1) is 0 Å². The molecule has 0 aliphatic carbocycles. The first-order valence-corrected chi connectivity index (χ1v) is 10.4. The second kappa shape index (κ2) is 12.7. The van der Waals surface area contributed by atoms with Gasteiger partial charge in [0.05, 0.1) is 17.8 Å². The molecule has 0 aromatic heterocycles. The Hall–Kier alpha value is -0.683. The number of ether oxygens (including phenoxy) is 2. The third-order valence-corrected chi connectivity index (χ3v) is 5.62. The fourth-order valence-electron chi connectivity index (χ4n) is 2.39. The van der Waals surface area contributed by atoms with E-state index >= 15 is 0 Å². The third kappa shape index (κ3) is 8.90. The molecule has 0 saturated carbocycles. The van der Waals surface area contributed by atoms with Gasteiger partial charge in [-0.25, -0.2) is 4.79 Å². The quantitative estimate of drug-likeness (QED) is 0.237. The molecule has 0 amide bonds. The molecule has 0 bridgehead atoms. The van der Waals surface area contributed by atoms with Crippen molar-refractivity contribution in [2.45, 2.75) is 38.9 Å². The number of hydrogen-bond donors (Lipinski definition) is 4. The van der Waals surface area contributed by atoms with E-state index in [1.807, 2.05) is 6.92 Å². The van der Waals surface area contributed by atoms with E-state index in [9.17, 15) is 19.4 Å². The molecule has 0 aliphatic rings. The maximum atomic E-state index is 12.4. The Kier molecular flexibility index (Phi) is 12.4. The van der Waals surface area contributed by atoms with Gasteiger partial charge in [-0.15, -0.1) is 0 Å². The fraction of sp³-hybridized carbons (Fsp3) is 0.588. The molecule has 8 nitrogen and oxygen atoms in total. The number of aliphatic hydroxyl groups is 1. The molecule has 0 saturated heterocycles. The van der Waals surface area contributed by atoms with Gasteiger partial charge in [-0.05, 0) is 38.5 Å². The standard InChI is InChI=1S/C17H28NO7P.Li.H/c1-4-24-17(25-5-2)26(22,23)11-15(19)10-18-12(3)13-7-6-8-14(9-13)16(20)21;;/h6-9,12,15,17-19H,4-5,10-11H2,1-3H3,(H,20,21)(H,22,23);;/t12-,15-;;/m1../s1. The number of nitrogens with one attached hydrogen (secondary N) is 1. The minimum atomic E-state index is -3.86. The molecule has 0 radical (unpaired) electrons. The summed E-state index contributed by atoms with van der Waals surface area (Å²) in [4.78, 5) is 21.2. The summed E-state index contributed by atoms with van der Waals surface area (Å²) in [5.74, 6) is -1.02. The Morgan fingerprint density at radius 1 is 1.26 bits per heavy atom. The first-order valence-electron chi connectivity index (χ1n) is 8.50. The Morgan fingerprint density at radius 3 is 2.37 bits per heavy atom. The predicted octanol–water partition coefficient (Wildman–Crippen LogP) is 1.37. The summed E-state index contributed by atoms with van der Waals surface area (Å²) in [6.07, 6.45) is -1.45. The molecule has 150 valence electrons. The van der Waals surface area contributed by atoms with Crippen LogP contribution in [0.1, 0.15) is 42.7 Å². The summed E-state index contributed by atoms with van der Waals surface area (Å²) in [6.45, 7) is 5.71. The third-order valence-electron chi connectivity index (χ3n) is 3.71. The van der Waals surface area contributed by atoms with E-state index in [0.29, 0.717) is 0 Å². The van der Waals surface area contributed by atoms with Gasteiger partial charge in [-0.2, -0.15) is 0 Å². The molecule has 0 heterocycles. The van der Waals surface area contributed by atoms with Crippen molar-refractivity contribution in [1.82, 2.24) is 5.32 Å². The molecule has 1 aromatic carbocycles. The van der Waals surface area contributed by atoms with E-state index in [0.717, 1.165) is 5.56 Å². The van der Waals surface area contributed by atoms with Gasteiger partial charge in [-0.1, -0.05) is 12.1 Å². The molecule has 3 atom stereocenters. The van der Waals surface area contributed by atoms with Crippen LogP contribution in [-0.4, -0.2) is 78.0 Å². The Balaban J connectivity index is 0.00000676. The number of carboxylic acid groups (broad SMARTS) is 1.